The molecule has 0 unspecified atom stereocenters. The molecule has 1 N–H and O–H groups in total. The number of hydrogen-bond acceptors (Lipinski definition) is 5. The Labute approximate surface area is 162 Å². The molecular formula is C20H23BrN2O3. The lowest BCUT2D eigenvalue weighted by Gasteiger charge is -2.17. The molecule has 0 bridgehead atoms. The Morgan fingerprint density at radius 2 is 1.88 bits per heavy atom. The Morgan fingerprint density at radius 3 is 2.54 bits per heavy atom. The number of nitrogens with zero attached hydrogens (tertiary/aromatic N) is 2. The number of aromatic hydroxyl groups is 1. The topological polar surface area (TPSA) is 62.1 Å². The van der Waals surface area contributed by atoms with Crippen molar-refractivity contribution in [3.05, 3.63) is 58.1 Å². The Morgan fingerprint density at radius 1 is 1.19 bits per heavy atom. The number of carbonyl (C=O) groups excluding carboxylic acids is 1. The van der Waals surface area contributed by atoms with Gasteiger partial charge in [-0.25, -0.2) is 4.79 Å². The number of ether oxygens (including phenoxy) is 1. The third kappa shape index (κ3) is 5.97. The van der Waals surface area contributed by atoms with Gasteiger partial charge in [0, 0.05) is 22.8 Å². The first-order chi connectivity index (χ1) is 12.5. The van der Waals surface area contributed by atoms with E-state index in [2.05, 4.69) is 39.7 Å². The highest BCUT2D eigenvalue weighted by Crippen LogP contribution is 2.21. The van der Waals surface area contributed by atoms with Gasteiger partial charge in [0.15, 0.2) is 0 Å². The molecule has 138 valence electrons. The van der Waals surface area contributed by atoms with Gasteiger partial charge < -0.3 is 14.7 Å². The molecule has 2 aromatic carbocycles. The second-order valence-corrected chi connectivity index (χ2v) is 6.59. The first-order valence-electron chi connectivity index (χ1n) is 8.55. The van der Waals surface area contributed by atoms with E-state index >= 15 is 0 Å². The average molecular weight is 419 g/mol. The number of phenolic OH excluding ortho intramolecular Hbond substituents is 1. The summed E-state index contributed by atoms with van der Waals surface area (Å²) in [5.74, 6) is -0.178. The van der Waals surface area contributed by atoms with Crippen LogP contribution in [0.4, 0.5) is 5.69 Å². The van der Waals surface area contributed by atoms with E-state index in [1.54, 1.807) is 48.7 Å². The molecule has 0 radical (unpaired) electrons. The first-order valence-corrected chi connectivity index (χ1v) is 9.35. The molecule has 26 heavy (non-hydrogen) atoms. The van der Waals surface area contributed by atoms with Crippen LogP contribution in [0.2, 0.25) is 0 Å². The van der Waals surface area contributed by atoms with Crippen molar-refractivity contribution >= 4 is 33.8 Å². The SMILES string of the molecule is CCN(CC)CCOC(=O)c1ccc(N=Cc2cc(Br)ccc2O)cc1. The molecule has 0 aliphatic carbocycles. The summed E-state index contributed by atoms with van der Waals surface area (Å²) < 4.78 is 6.16. The number of carbonyl (C=O) groups is 1. The van der Waals surface area contributed by atoms with Crippen LogP contribution in [0, 0.1) is 0 Å². The molecule has 0 heterocycles. The zero-order chi connectivity index (χ0) is 18.9. The molecule has 0 atom stereocenters. The molecule has 0 saturated heterocycles. The van der Waals surface area contributed by atoms with E-state index in [4.69, 9.17) is 4.74 Å². The summed E-state index contributed by atoms with van der Waals surface area (Å²) in [6.07, 6.45) is 1.58. The van der Waals surface area contributed by atoms with Crippen LogP contribution in [0.1, 0.15) is 29.8 Å². The van der Waals surface area contributed by atoms with Crippen molar-refractivity contribution in [1.29, 1.82) is 0 Å². The number of hydrogen-bond donors (Lipinski definition) is 1. The van der Waals surface area contributed by atoms with Crippen LogP contribution >= 0.6 is 15.9 Å². The van der Waals surface area contributed by atoms with Gasteiger partial charge in [0.2, 0.25) is 0 Å². The molecule has 0 aliphatic heterocycles. The monoisotopic (exact) mass is 418 g/mol. The smallest absolute Gasteiger partial charge is 0.338 e. The predicted octanol–water partition coefficient (Wildman–Crippen LogP) is 4.40. The van der Waals surface area contributed by atoms with Gasteiger partial charge in [0.1, 0.15) is 12.4 Å². The Balaban J connectivity index is 1.94. The normalized spacial score (nSPS) is 11.2. The highest BCUT2D eigenvalue weighted by atomic mass is 79.9. The molecule has 0 amide bonds. The number of halogens is 1. The van der Waals surface area contributed by atoms with Crippen LogP contribution in [-0.2, 0) is 4.74 Å². The molecule has 0 aliphatic rings. The van der Waals surface area contributed by atoms with Gasteiger partial charge in [-0.05, 0) is 55.6 Å². The van der Waals surface area contributed by atoms with Crippen LogP contribution in [-0.4, -0.2) is 48.4 Å². The van der Waals surface area contributed by atoms with E-state index in [1.807, 2.05) is 0 Å². The second-order valence-electron chi connectivity index (χ2n) is 5.67. The standard InChI is InChI=1S/C20H23BrN2O3/c1-3-23(4-2)11-12-26-20(25)15-5-8-18(9-6-15)22-14-16-13-17(21)7-10-19(16)24/h5-10,13-14,24H,3-4,11-12H2,1-2H3. The summed E-state index contributed by atoms with van der Waals surface area (Å²) in [6.45, 7) is 7.15. The maximum Gasteiger partial charge on any atom is 0.338 e. The molecule has 0 spiro atoms. The third-order valence-electron chi connectivity index (χ3n) is 3.98. The molecule has 6 heteroatoms. The number of aliphatic imine (C=N–C) groups is 1. The number of benzene rings is 2. The van der Waals surface area contributed by atoms with Crippen molar-refractivity contribution in [3.8, 4) is 5.75 Å². The summed E-state index contributed by atoms with van der Waals surface area (Å²) in [4.78, 5) is 18.6. The van der Waals surface area contributed by atoms with Crippen LogP contribution in [0.5, 0.6) is 5.75 Å². The molecule has 0 fully saturated rings. The fraction of sp³-hybridized carbons (Fsp3) is 0.300. The highest BCUT2D eigenvalue weighted by molar-refractivity contribution is 9.10. The number of rotatable bonds is 8. The number of likely N-dealkylation sites (N-methyl/N-ethyl adjacent to an activating group) is 1. The van der Waals surface area contributed by atoms with E-state index in [-0.39, 0.29) is 11.7 Å². The minimum atomic E-state index is -0.336. The summed E-state index contributed by atoms with van der Waals surface area (Å²) in [6, 6.07) is 12.0. The highest BCUT2D eigenvalue weighted by Gasteiger charge is 2.08. The molecule has 5 nitrogen and oxygen atoms in total. The van der Waals surface area contributed by atoms with Gasteiger partial charge in [-0.1, -0.05) is 29.8 Å². The summed E-state index contributed by atoms with van der Waals surface area (Å²) in [5.41, 5.74) is 1.79. The van der Waals surface area contributed by atoms with Crippen molar-refractivity contribution < 1.29 is 14.6 Å². The van der Waals surface area contributed by atoms with Crippen LogP contribution in [0.25, 0.3) is 0 Å². The van der Waals surface area contributed by atoms with Gasteiger partial charge >= 0.3 is 5.97 Å². The molecule has 0 aromatic heterocycles. The Hall–Kier alpha value is -2.18. The summed E-state index contributed by atoms with van der Waals surface area (Å²) in [5, 5.41) is 9.81. The fourth-order valence-electron chi connectivity index (χ4n) is 2.35. The van der Waals surface area contributed by atoms with Gasteiger partial charge in [0.25, 0.3) is 0 Å². The van der Waals surface area contributed by atoms with Crippen molar-refractivity contribution in [2.45, 2.75) is 13.8 Å². The molecule has 0 saturated carbocycles. The van der Waals surface area contributed by atoms with Crippen molar-refractivity contribution in [2.24, 2.45) is 4.99 Å². The van der Waals surface area contributed by atoms with Crippen molar-refractivity contribution in [1.82, 2.24) is 4.90 Å². The maximum atomic E-state index is 12.1. The van der Waals surface area contributed by atoms with Crippen LogP contribution in [0.15, 0.2) is 51.9 Å². The Kier molecular flexibility index (Phi) is 7.81. The first kappa shape index (κ1) is 20.1. The largest absolute Gasteiger partial charge is 0.507 e. The summed E-state index contributed by atoms with van der Waals surface area (Å²) >= 11 is 3.36. The zero-order valence-corrected chi connectivity index (χ0v) is 16.6. The van der Waals surface area contributed by atoms with E-state index < -0.39 is 0 Å². The van der Waals surface area contributed by atoms with Crippen molar-refractivity contribution in [3.63, 3.8) is 0 Å². The lowest BCUT2D eigenvalue weighted by atomic mass is 10.2. The lowest BCUT2D eigenvalue weighted by Crippen LogP contribution is -2.27. The second kappa shape index (κ2) is 10.1. The average Bonchev–Trinajstić information content (AvgIpc) is 2.66. The third-order valence-corrected chi connectivity index (χ3v) is 4.47. The quantitative estimate of drug-likeness (QED) is 0.509. The van der Waals surface area contributed by atoms with Gasteiger partial charge in [-0.3, -0.25) is 4.99 Å². The number of esters is 1. The van der Waals surface area contributed by atoms with Crippen molar-refractivity contribution in [2.75, 3.05) is 26.2 Å². The maximum absolute atomic E-state index is 12.1. The zero-order valence-electron chi connectivity index (χ0n) is 15.0. The summed E-state index contributed by atoms with van der Waals surface area (Å²) in [7, 11) is 0. The fourth-order valence-corrected chi connectivity index (χ4v) is 2.73. The van der Waals surface area contributed by atoms with E-state index in [9.17, 15) is 9.90 Å². The number of phenols is 1. The van der Waals surface area contributed by atoms with E-state index in [0.29, 0.717) is 23.4 Å². The minimum absolute atomic E-state index is 0.158. The van der Waals surface area contributed by atoms with Crippen LogP contribution in [0.3, 0.4) is 0 Å². The predicted molar refractivity (Wildman–Crippen MR) is 108 cm³/mol. The molecule has 2 rings (SSSR count). The van der Waals surface area contributed by atoms with Crippen LogP contribution < -0.4 is 0 Å². The minimum Gasteiger partial charge on any atom is -0.507 e. The van der Waals surface area contributed by atoms with E-state index in [1.165, 1.54) is 0 Å². The van der Waals surface area contributed by atoms with E-state index in [0.717, 1.165) is 24.1 Å². The van der Waals surface area contributed by atoms with Gasteiger partial charge in [-0.2, -0.15) is 0 Å². The molecular weight excluding hydrogens is 396 g/mol. The Bertz CT molecular complexity index is 756. The lowest BCUT2D eigenvalue weighted by molar-refractivity contribution is 0.0466. The van der Waals surface area contributed by atoms with Gasteiger partial charge in [-0.15, -0.1) is 0 Å². The molecule has 2 aromatic rings. The van der Waals surface area contributed by atoms with Gasteiger partial charge in [0.05, 0.1) is 11.3 Å².